The first-order valence-corrected chi connectivity index (χ1v) is 11.2. The summed E-state index contributed by atoms with van der Waals surface area (Å²) in [5.41, 5.74) is -0.620. The number of carbonyl (C=O) groups is 2. The molecule has 0 aromatic carbocycles. The maximum atomic E-state index is 15.5. The Morgan fingerprint density at radius 1 is 0.862 bits per heavy atom. The van der Waals surface area contributed by atoms with E-state index in [4.69, 9.17) is 9.47 Å². The monoisotopic (exact) mass is 412 g/mol. The van der Waals surface area contributed by atoms with Crippen LogP contribution in [0.5, 0.6) is 0 Å². The van der Waals surface area contributed by atoms with Gasteiger partial charge in [0.2, 0.25) is 0 Å². The fraction of sp³-hybridized carbons (Fsp3) is 0.913. The Bertz CT molecular complexity index is 694. The lowest BCUT2D eigenvalue weighted by atomic mass is 9.44. The van der Waals surface area contributed by atoms with Crippen LogP contribution in [-0.4, -0.2) is 30.1 Å². The zero-order valence-corrected chi connectivity index (χ0v) is 18.0. The predicted octanol–water partition coefficient (Wildman–Crippen LogP) is 5.14. The first-order valence-electron chi connectivity index (χ1n) is 11.2. The summed E-state index contributed by atoms with van der Waals surface area (Å²) in [5, 5.41) is 0. The summed E-state index contributed by atoms with van der Waals surface area (Å²) < 4.78 is 42.0. The van der Waals surface area contributed by atoms with Crippen LogP contribution in [0, 0.1) is 34.5 Å². The van der Waals surface area contributed by atoms with Crippen LogP contribution in [0.2, 0.25) is 0 Å². The SMILES string of the molecule is CC(=O)OC1CCC2(C)C3CCC4(C)C(OC(C)=O)CCC4C3CC(F)(F)C2C1. The van der Waals surface area contributed by atoms with Crippen molar-refractivity contribution in [2.24, 2.45) is 34.5 Å². The van der Waals surface area contributed by atoms with Crippen LogP contribution in [0.1, 0.15) is 79.1 Å². The standard InChI is InChI=1S/C23H34F2O4/c1-13(26)28-15-7-9-21(3)18-8-10-22(4)17(5-6-20(22)29-14(2)27)16(18)12-23(24,25)19(21)11-15/h15-20H,5-12H2,1-4H3. The molecule has 4 fully saturated rings. The molecule has 0 aromatic heterocycles. The lowest BCUT2D eigenvalue weighted by Gasteiger charge is -2.62. The average Bonchev–Trinajstić information content (AvgIpc) is 2.92. The zero-order chi connectivity index (χ0) is 21.2. The predicted molar refractivity (Wildman–Crippen MR) is 103 cm³/mol. The molecular weight excluding hydrogens is 378 g/mol. The highest BCUT2D eigenvalue weighted by molar-refractivity contribution is 5.66. The molecule has 29 heavy (non-hydrogen) atoms. The van der Waals surface area contributed by atoms with Crippen molar-refractivity contribution in [3.05, 3.63) is 0 Å². The summed E-state index contributed by atoms with van der Waals surface area (Å²) in [4.78, 5) is 22.9. The van der Waals surface area contributed by atoms with Gasteiger partial charge in [0.1, 0.15) is 12.2 Å². The van der Waals surface area contributed by atoms with Crippen LogP contribution in [0.3, 0.4) is 0 Å². The highest BCUT2D eigenvalue weighted by Gasteiger charge is 2.67. The molecule has 0 heterocycles. The van der Waals surface area contributed by atoms with E-state index in [0.717, 1.165) is 25.7 Å². The van der Waals surface area contributed by atoms with Gasteiger partial charge in [0.05, 0.1) is 0 Å². The van der Waals surface area contributed by atoms with E-state index in [9.17, 15) is 9.59 Å². The van der Waals surface area contributed by atoms with Crippen molar-refractivity contribution >= 4 is 11.9 Å². The molecule has 0 bridgehead atoms. The molecule has 0 aliphatic heterocycles. The molecule has 0 spiro atoms. The number of hydrogen-bond acceptors (Lipinski definition) is 4. The number of ether oxygens (including phenoxy) is 2. The van der Waals surface area contributed by atoms with E-state index in [1.54, 1.807) is 0 Å². The van der Waals surface area contributed by atoms with Crippen molar-refractivity contribution in [1.29, 1.82) is 0 Å². The first-order chi connectivity index (χ1) is 13.5. The Morgan fingerprint density at radius 3 is 2.14 bits per heavy atom. The van der Waals surface area contributed by atoms with E-state index in [1.165, 1.54) is 13.8 Å². The Morgan fingerprint density at radius 2 is 1.48 bits per heavy atom. The van der Waals surface area contributed by atoms with Crippen molar-refractivity contribution in [2.75, 3.05) is 0 Å². The number of fused-ring (bicyclic) bond motifs is 5. The quantitative estimate of drug-likeness (QED) is 0.590. The van der Waals surface area contributed by atoms with Gasteiger partial charge < -0.3 is 9.47 Å². The van der Waals surface area contributed by atoms with E-state index in [-0.39, 0.29) is 60.2 Å². The molecule has 4 aliphatic rings. The van der Waals surface area contributed by atoms with Gasteiger partial charge in [-0.2, -0.15) is 0 Å². The summed E-state index contributed by atoms with van der Waals surface area (Å²) in [6, 6.07) is 0. The number of halogens is 2. The molecular formula is C23H34F2O4. The Labute approximate surface area is 172 Å². The lowest BCUT2D eigenvalue weighted by molar-refractivity contribution is -0.239. The third-order valence-electron chi connectivity index (χ3n) is 9.16. The van der Waals surface area contributed by atoms with Crippen LogP contribution in [0.4, 0.5) is 8.78 Å². The van der Waals surface area contributed by atoms with E-state index in [2.05, 4.69) is 13.8 Å². The zero-order valence-electron chi connectivity index (χ0n) is 18.0. The molecule has 0 aromatic rings. The smallest absolute Gasteiger partial charge is 0.302 e. The van der Waals surface area contributed by atoms with Gasteiger partial charge in [-0.25, -0.2) is 8.78 Å². The molecule has 4 saturated carbocycles. The number of esters is 2. The topological polar surface area (TPSA) is 52.6 Å². The van der Waals surface area contributed by atoms with Gasteiger partial charge in [0, 0.05) is 31.6 Å². The minimum absolute atomic E-state index is 0.0316. The molecule has 8 atom stereocenters. The van der Waals surface area contributed by atoms with Gasteiger partial charge in [-0.15, -0.1) is 0 Å². The van der Waals surface area contributed by atoms with Gasteiger partial charge in [-0.1, -0.05) is 13.8 Å². The Kier molecular flexibility index (Phi) is 5.02. The van der Waals surface area contributed by atoms with Crippen molar-refractivity contribution in [3.8, 4) is 0 Å². The largest absolute Gasteiger partial charge is 0.463 e. The number of carbonyl (C=O) groups excluding carboxylic acids is 2. The molecule has 8 unspecified atom stereocenters. The van der Waals surface area contributed by atoms with Crippen LogP contribution in [0.15, 0.2) is 0 Å². The minimum Gasteiger partial charge on any atom is -0.463 e. The molecule has 4 nitrogen and oxygen atoms in total. The third kappa shape index (κ3) is 3.29. The van der Waals surface area contributed by atoms with Gasteiger partial charge in [0.15, 0.2) is 0 Å². The maximum Gasteiger partial charge on any atom is 0.302 e. The van der Waals surface area contributed by atoms with Crippen molar-refractivity contribution in [3.63, 3.8) is 0 Å². The highest BCUT2D eigenvalue weighted by atomic mass is 19.3. The van der Waals surface area contributed by atoms with Gasteiger partial charge in [-0.3, -0.25) is 9.59 Å². The first kappa shape index (κ1) is 21.0. The lowest BCUT2D eigenvalue weighted by Crippen LogP contribution is -2.61. The van der Waals surface area contributed by atoms with E-state index >= 15 is 8.78 Å². The summed E-state index contributed by atoms with van der Waals surface area (Å²) >= 11 is 0. The normalized spacial score (nSPS) is 48.1. The van der Waals surface area contributed by atoms with E-state index in [0.29, 0.717) is 12.8 Å². The number of alkyl halides is 2. The number of rotatable bonds is 2. The molecule has 6 heteroatoms. The average molecular weight is 413 g/mol. The van der Waals surface area contributed by atoms with Crippen molar-refractivity contribution < 1.29 is 27.8 Å². The van der Waals surface area contributed by atoms with Gasteiger partial charge in [0.25, 0.3) is 5.92 Å². The molecule has 4 aliphatic carbocycles. The Hall–Kier alpha value is -1.20. The number of hydrogen-bond donors (Lipinski definition) is 0. The van der Waals surface area contributed by atoms with Crippen LogP contribution in [0.25, 0.3) is 0 Å². The summed E-state index contributed by atoms with van der Waals surface area (Å²) in [6.45, 7) is 7.00. The second kappa shape index (κ2) is 6.91. The van der Waals surface area contributed by atoms with Gasteiger partial charge in [-0.05, 0) is 68.1 Å². The molecule has 4 rings (SSSR count). The molecule has 0 saturated heterocycles. The fourth-order valence-electron chi connectivity index (χ4n) is 7.93. The van der Waals surface area contributed by atoms with Crippen molar-refractivity contribution in [2.45, 2.75) is 97.2 Å². The Balaban J connectivity index is 1.60. The molecule has 0 N–H and O–H groups in total. The maximum absolute atomic E-state index is 15.5. The second-order valence-corrected chi connectivity index (χ2v) is 10.6. The highest BCUT2D eigenvalue weighted by Crippen LogP contribution is 2.69. The molecule has 0 radical (unpaired) electrons. The van der Waals surface area contributed by atoms with Gasteiger partial charge >= 0.3 is 11.9 Å². The summed E-state index contributed by atoms with van der Waals surface area (Å²) in [6.07, 6.45) is 4.49. The molecule has 164 valence electrons. The van der Waals surface area contributed by atoms with Crippen LogP contribution in [-0.2, 0) is 19.1 Å². The van der Waals surface area contributed by atoms with Crippen molar-refractivity contribution in [1.82, 2.24) is 0 Å². The summed E-state index contributed by atoms with van der Waals surface area (Å²) in [5.74, 6) is -3.73. The van der Waals surface area contributed by atoms with E-state index in [1.807, 2.05) is 0 Å². The second-order valence-electron chi connectivity index (χ2n) is 10.6. The molecule has 0 amide bonds. The van der Waals surface area contributed by atoms with Crippen LogP contribution < -0.4 is 0 Å². The fourth-order valence-corrected chi connectivity index (χ4v) is 7.93. The minimum atomic E-state index is -2.76. The van der Waals surface area contributed by atoms with Crippen LogP contribution >= 0.6 is 0 Å². The third-order valence-corrected chi connectivity index (χ3v) is 9.16. The van der Waals surface area contributed by atoms with E-state index < -0.39 is 17.3 Å². The summed E-state index contributed by atoms with van der Waals surface area (Å²) in [7, 11) is 0.